The van der Waals surface area contributed by atoms with Crippen LogP contribution >= 0.6 is 11.8 Å². The summed E-state index contributed by atoms with van der Waals surface area (Å²) in [7, 11) is 0. The van der Waals surface area contributed by atoms with Crippen LogP contribution in [0.25, 0.3) is 0 Å². The molecule has 0 aromatic heterocycles. The van der Waals surface area contributed by atoms with Gasteiger partial charge in [0.2, 0.25) is 11.8 Å². The van der Waals surface area contributed by atoms with E-state index in [0.29, 0.717) is 6.54 Å². The Morgan fingerprint density at radius 1 is 1.07 bits per heavy atom. The fourth-order valence-electron chi connectivity index (χ4n) is 3.02. The molecule has 0 heterocycles. The highest BCUT2D eigenvalue weighted by atomic mass is 32.2. The van der Waals surface area contributed by atoms with E-state index >= 15 is 0 Å². The maximum atomic E-state index is 14.1. The van der Waals surface area contributed by atoms with Crippen LogP contribution in [-0.4, -0.2) is 23.1 Å². The van der Waals surface area contributed by atoms with Crippen LogP contribution in [0.4, 0.5) is 8.78 Å². The van der Waals surface area contributed by atoms with E-state index in [1.54, 1.807) is 11.8 Å². The van der Waals surface area contributed by atoms with Crippen LogP contribution in [0.2, 0.25) is 0 Å². The van der Waals surface area contributed by atoms with Crippen LogP contribution < -0.4 is 10.6 Å². The van der Waals surface area contributed by atoms with Crippen molar-refractivity contribution in [3.8, 4) is 0 Å². The van der Waals surface area contributed by atoms with Crippen LogP contribution in [0.3, 0.4) is 0 Å². The van der Waals surface area contributed by atoms with Crippen LogP contribution in [0.15, 0.2) is 53.4 Å². The highest BCUT2D eigenvalue weighted by Gasteiger charge is 2.44. The van der Waals surface area contributed by atoms with Crippen LogP contribution in [0.5, 0.6) is 0 Å². The number of nitrogens with one attached hydrogen (secondary N) is 2. The van der Waals surface area contributed by atoms with Crippen molar-refractivity contribution in [2.75, 3.05) is 6.54 Å². The van der Waals surface area contributed by atoms with Gasteiger partial charge in [0.05, 0.1) is 12.5 Å². The number of halogens is 2. The molecule has 1 aliphatic rings. The standard InChI is InChI=1S/C21H22F2N2O2S/c1-14(26)25-18(20-16(22)8-5-9-17(20)23)12-19(27)24-13-21(10-11-21)28-15-6-3-2-4-7-15/h2-9,18H,10-13H2,1H3,(H,24,27)(H,25,26). The number of hydrogen-bond donors (Lipinski definition) is 2. The fourth-order valence-corrected chi connectivity index (χ4v) is 4.27. The van der Waals surface area contributed by atoms with Crippen molar-refractivity contribution in [3.05, 3.63) is 65.7 Å². The summed E-state index contributed by atoms with van der Waals surface area (Å²) in [6.45, 7) is 1.72. The number of carbonyl (C=O) groups is 2. The van der Waals surface area contributed by atoms with E-state index in [1.165, 1.54) is 13.0 Å². The molecule has 1 aliphatic carbocycles. The monoisotopic (exact) mass is 404 g/mol. The molecule has 3 rings (SSSR count). The number of thioether (sulfide) groups is 1. The first-order chi connectivity index (χ1) is 13.4. The minimum Gasteiger partial charge on any atom is -0.355 e. The molecule has 7 heteroatoms. The zero-order valence-electron chi connectivity index (χ0n) is 15.5. The summed E-state index contributed by atoms with van der Waals surface area (Å²) in [6, 6.07) is 12.4. The molecule has 1 unspecified atom stereocenters. The molecule has 0 spiro atoms. The maximum absolute atomic E-state index is 14.1. The first-order valence-electron chi connectivity index (χ1n) is 9.10. The van der Waals surface area contributed by atoms with Gasteiger partial charge in [-0.3, -0.25) is 9.59 Å². The third-order valence-electron chi connectivity index (χ3n) is 4.61. The molecular formula is C21H22F2N2O2S. The van der Waals surface area contributed by atoms with Gasteiger partial charge in [0.25, 0.3) is 0 Å². The van der Waals surface area contributed by atoms with E-state index in [-0.39, 0.29) is 22.6 Å². The molecule has 0 radical (unpaired) electrons. The van der Waals surface area contributed by atoms with E-state index in [2.05, 4.69) is 10.6 Å². The Morgan fingerprint density at radius 2 is 1.71 bits per heavy atom. The number of benzene rings is 2. The van der Waals surface area contributed by atoms with Gasteiger partial charge >= 0.3 is 0 Å². The summed E-state index contributed by atoms with van der Waals surface area (Å²) >= 11 is 1.73. The van der Waals surface area contributed by atoms with E-state index in [1.807, 2.05) is 30.3 Å². The minimum atomic E-state index is -1.06. The molecule has 2 N–H and O–H groups in total. The highest BCUT2D eigenvalue weighted by Crippen LogP contribution is 2.51. The largest absolute Gasteiger partial charge is 0.355 e. The minimum absolute atomic E-state index is 0.0379. The lowest BCUT2D eigenvalue weighted by Crippen LogP contribution is -2.36. The predicted octanol–water partition coefficient (Wildman–Crippen LogP) is 3.97. The zero-order valence-corrected chi connectivity index (χ0v) is 16.3. The SMILES string of the molecule is CC(=O)NC(CC(=O)NCC1(Sc2ccccc2)CC1)c1c(F)cccc1F. The van der Waals surface area contributed by atoms with Gasteiger partial charge in [-0.05, 0) is 37.1 Å². The van der Waals surface area contributed by atoms with Crippen molar-refractivity contribution >= 4 is 23.6 Å². The second kappa shape index (κ2) is 8.73. The fraction of sp³-hybridized carbons (Fsp3) is 0.333. The van der Waals surface area contributed by atoms with Crippen molar-refractivity contribution in [1.82, 2.24) is 10.6 Å². The van der Waals surface area contributed by atoms with E-state index in [4.69, 9.17) is 0 Å². The normalized spacial score (nSPS) is 15.5. The van der Waals surface area contributed by atoms with Gasteiger partial charge in [-0.2, -0.15) is 0 Å². The summed E-state index contributed by atoms with van der Waals surface area (Å²) in [4.78, 5) is 25.0. The van der Waals surface area contributed by atoms with Crippen molar-refractivity contribution in [3.63, 3.8) is 0 Å². The maximum Gasteiger partial charge on any atom is 0.222 e. The molecule has 4 nitrogen and oxygen atoms in total. The molecule has 2 aromatic carbocycles. The molecule has 1 fully saturated rings. The molecule has 0 saturated heterocycles. The van der Waals surface area contributed by atoms with Crippen LogP contribution in [-0.2, 0) is 9.59 Å². The van der Waals surface area contributed by atoms with Gasteiger partial charge in [0, 0.05) is 28.7 Å². The summed E-state index contributed by atoms with van der Waals surface area (Å²) in [6.07, 6.45) is 1.75. The summed E-state index contributed by atoms with van der Waals surface area (Å²) in [5.74, 6) is -2.39. The smallest absolute Gasteiger partial charge is 0.222 e. The van der Waals surface area contributed by atoms with Gasteiger partial charge in [0.15, 0.2) is 0 Å². The highest BCUT2D eigenvalue weighted by molar-refractivity contribution is 8.01. The quantitative estimate of drug-likeness (QED) is 0.700. The second-order valence-corrected chi connectivity index (χ2v) is 8.51. The Balaban J connectivity index is 1.62. The summed E-state index contributed by atoms with van der Waals surface area (Å²) in [5, 5.41) is 5.34. The van der Waals surface area contributed by atoms with Crippen LogP contribution in [0.1, 0.15) is 37.8 Å². The molecule has 0 aliphatic heterocycles. The van der Waals surface area contributed by atoms with Gasteiger partial charge in [-0.1, -0.05) is 24.3 Å². The number of carbonyl (C=O) groups excluding carboxylic acids is 2. The first kappa shape index (κ1) is 20.3. The first-order valence-corrected chi connectivity index (χ1v) is 9.92. The Kier molecular flexibility index (Phi) is 6.34. The topological polar surface area (TPSA) is 58.2 Å². The molecule has 2 aromatic rings. The Hall–Kier alpha value is -2.41. The number of hydrogen-bond acceptors (Lipinski definition) is 3. The molecular weight excluding hydrogens is 382 g/mol. The molecule has 1 saturated carbocycles. The van der Waals surface area contributed by atoms with E-state index in [0.717, 1.165) is 29.9 Å². The molecule has 0 bridgehead atoms. The predicted molar refractivity (Wildman–Crippen MR) is 105 cm³/mol. The Bertz CT molecular complexity index is 836. The van der Waals surface area contributed by atoms with Gasteiger partial charge in [-0.15, -0.1) is 11.8 Å². The average molecular weight is 404 g/mol. The van der Waals surface area contributed by atoms with E-state index < -0.39 is 23.6 Å². The van der Waals surface area contributed by atoms with Gasteiger partial charge in [0.1, 0.15) is 11.6 Å². The zero-order chi connectivity index (χ0) is 20.1. The second-order valence-electron chi connectivity index (χ2n) is 6.97. The van der Waals surface area contributed by atoms with Crippen LogP contribution in [0, 0.1) is 11.6 Å². The van der Waals surface area contributed by atoms with Gasteiger partial charge in [-0.25, -0.2) is 8.78 Å². The molecule has 1 atom stereocenters. The van der Waals surface area contributed by atoms with E-state index in [9.17, 15) is 18.4 Å². The van der Waals surface area contributed by atoms with Gasteiger partial charge < -0.3 is 10.6 Å². The number of amides is 2. The van der Waals surface area contributed by atoms with Crippen molar-refractivity contribution in [2.45, 2.75) is 41.9 Å². The number of rotatable bonds is 8. The molecule has 2 amide bonds. The third-order valence-corrected chi connectivity index (χ3v) is 6.10. The Morgan fingerprint density at radius 3 is 2.29 bits per heavy atom. The van der Waals surface area contributed by atoms with Crippen molar-refractivity contribution in [2.24, 2.45) is 0 Å². The molecule has 28 heavy (non-hydrogen) atoms. The lowest BCUT2D eigenvalue weighted by atomic mass is 10.0. The summed E-state index contributed by atoms with van der Waals surface area (Å²) < 4.78 is 28.2. The average Bonchev–Trinajstić information content (AvgIpc) is 3.40. The van der Waals surface area contributed by atoms with Crippen molar-refractivity contribution in [1.29, 1.82) is 0 Å². The summed E-state index contributed by atoms with van der Waals surface area (Å²) in [5.41, 5.74) is -0.298. The lowest BCUT2D eigenvalue weighted by molar-refractivity contribution is -0.122. The third kappa shape index (κ3) is 5.32. The molecule has 148 valence electrons. The van der Waals surface area contributed by atoms with Crippen molar-refractivity contribution < 1.29 is 18.4 Å². The Labute approximate surface area is 167 Å². The lowest BCUT2D eigenvalue weighted by Gasteiger charge is -2.21.